The maximum Gasteiger partial charge on any atom is 0.501 e. The number of sulfone groups is 1. The van der Waals surface area contributed by atoms with Crippen LogP contribution in [0.4, 0.5) is 18.9 Å². The molecule has 1 aliphatic rings. The van der Waals surface area contributed by atoms with E-state index in [-0.39, 0.29) is 5.69 Å². The fourth-order valence-electron chi connectivity index (χ4n) is 3.63. The van der Waals surface area contributed by atoms with Crippen LogP contribution in [0.1, 0.15) is 29.6 Å². The Kier molecular flexibility index (Phi) is 6.77. The molecular formula is C21H21F3N2O5S. The minimum absolute atomic E-state index is 0.0815. The maximum absolute atomic E-state index is 12.8. The van der Waals surface area contributed by atoms with Gasteiger partial charge >= 0.3 is 5.51 Å². The third kappa shape index (κ3) is 4.87. The zero-order chi connectivity index (χ0) is 23.5. The van der Waals surface area contributed by atoms with Crippen molar-refractivity contribution in [1.82, 2.24) is 5.32 Å². The number of ether oxygens (including phenoxy) is 1. The number of alkyl halides is 3. The van der Waals surface area contributed by atoms with Gasteiger partial charge in [-0.3, -0.25) is 9.59 Å². The van der Waals surface area contributed by atoms with E-state index in [1.165, 1.54) is 13.2 Å². The summed E-state index contributed by atoms with van der Waals surface area (Å²) in [6.07, 6.45) is 1.67. The molecule has 0 heterocycles. The Bertz CT molecular complexity index is 1120. The highest BCUT2D eigenvalue weighted by Gasteiger charge is 2.47. The Morgan fingerprint density at radius 1 is 1.06 bits per heavy atom. The average molecular weight is 470 g/mol. The summed E-state index contributed by atoms with van der Waals surface area (Å²) in [6, 6.07) is 10.1. The van der Waals surface area contributed by atoms with E-state index in [9.17, 15) is 31.2 Å². The molecule has 2 amide bonds. The number of halogens is 3. The predicted molar refractivity (Wildman–Crippen MR) is 110 cm³/mol. The van der Waals surface area contributed by atoms with Crippen LogP contribution in [0.25, 0.3) is 0 Å². The molecule has 0 aliphatic heterocycles. The summed E-state index contributed by atoms with van der Waals surface area (Å²) in [4.78, 5) is 24.5. The van der Waals surface area contributed by atoms with Crippen molar-refractivity contribution in [3.63, 3.8) is 0 Å². The van der Waals surface area contributed by atoms with Gasteiger partial charge in [-0.15, -0.1) is 0 Å². The van der Waals surface area contributed by atoms with E-state index in [0.29, 0.717) is 30.6 Å². The second-order valence-corrected chi connectivity index (χ2v) is 9.23. The van der Waals surface area contributed by atoms with Crippen molar-refractivity contribution in [2.45, 2.75) is 35.7 Å². The van der Waals surface area contributed by atoms with Gasteiger partial charge in [0.2, 0.25) is 5.91 Å². The highest BCUT2D eigenvalue weighted by Crippen LogP contribution is 2.32. The van der Waals surface area contributed by atoms with E-state index in [0.717, 1.165) is 18.2 Å². The molecular weight excluding hydrogens is 449 g/mol. The number of anilines is 1. The van der Waals surface area contributed by atoms with Crippen molar-refractivity contribution in [3.05, 3.63) is 54.1 Å². The minimum atomic E-state index is -5.54. The standard InChI is InChI=1S/C21H21F3N2O5S/c1-31-18-11-3-2-8-16(18)20(28)26-17-10-5-9-15(17)19(27)25-13-6-4-7-14(12-13)32(29,30)21(22,23)24/h2-4,6-8,11-12,15,17H,5,9-10H2,1H3,(H,25,27)(H,26,28)/t15-,17+/m0/s1. The monoisotopic (exact) mass is 470 g/mol. The largest absolute Gasteiger partial charge is 0.501 e. The number of rotatable bonds is 6. The molecule has 32 heavy (non-hydrogen) atoms. The molecule has 1 saturated carbocycles. The molecule has 2 aromatic carbocycles. The number of methoxy groups -OCH3 is 1. The van der Waals surface area contributed by atoms with Gasteiger partial charge in [0.25, 0.3) is 15.7 Å². The summed E-state index contributed by atoms with van der Waals surface area (Å²) in [5.41, 5.74) is -5.22. The van der Waals surface area contributed by atoms with Crippen LogP contribution in [0.5, 0.6) is 5.75 Å². The number of benzene rings is 2. The van der Waals surface area contributed by atoms with Gasteiger partial charge in [0.1, 0.15) is 5.75 Å². The van der Waals surface area contributed by atoms with Crippen molar-refractivity contribution in [2.75, 3.05) is 12.4 Å². The van der Waals surface area contributed by atoms with E-state index in [1.54, 1.807) is 24.3 Å². The summed E-state index contributed by atoms with van der Waals surface area (Å²) < 4.78 is 66.8. The highest BCUT2D eigenvalue weighted by atomic mass is 32.2. The first-order valence-electron chi connectivity index (χ1n) is 9.71. The Morgan fingerprint density at radius 2 is 1.78 bits per heavy atom. The molecule has 0 saturated heterocycles. The lowest BCUT2D eigenvalue weighted by atomic mass is 10.0. The van der Waals surface area contributed by atoms with Gasteiger partial charge in [0.15, 0.2) is 0 Å². The molecule has 3 rings (SSSR count). The molecule has 0 unspecified atom stereocenters. The Balaban J connectivity index is 1.73. The number of hydrogen-bond acceptors (Lipinski definition) is 5. The quantitative estimate of drug-likeness (QED) is 0.673. The molecule has 2 atom stereocenters. The Morgan fingerprint density at radius 3 is 2.47 bits per heavy atom. The summed E-state index contributed by atoms with van der Waals surface area (Å²) in [7, 11) is -4.10. The third-order valence-corrected chi connectivity index (χ3v) is 6.72. The zero-order valence-electron chi connectivity index (χ0n) is 17.0. The molecule has 0 aromatic heterocycles. The van der Waals surface area contributed by atoms with Gasteiger partial charge in [-0.1, -0.05) is 24.6 Å². The van der Waals surface area contributed by atoms with Gasteiger partial charge in [-0.25, -0.2) is 8.42 Å². The van der Waals surface area contributed by atoms with Crippen molar-refractivity contribution in [1.29, 1.82) is 0 Å². The Labute approximate surface area is 182 Å². The van der Waals surface area contributed by atoms with Gasteiger partial charge < -0.3 is 15.4 Å². The molecule has 2 aromatic rings. The lowest BCUT2D eigenvalue weighted by molar-refractivity contribution is -0.120. The fourth-order valence-corrected chi connectivity index (χ4v) is 4.44. The van der Waals surface area contributed by atoms with E-state index in [1.807, 2.05) is 0 Å². The minimum Gasteiger partial charge on any atom is -0.496 e. The number of hydrogen-bond donors (Lipinski definition) is 2. The van der Waals surface area contributed by atoms with Crippen LogP contribution in [0, 0.1) is 5.92 Å². The van der Waals surface area contributed by atoms with Crippen LogP contribution in [0.2, 0.25) is 0 Å². The second kappa shape index (κ2) is 9.19. The van der Waals surface area contributed by atoms with Crippen LogP contribution in [0.15, 0.2) is 53.4 Å². The van der Waals surface area contributed by atoms with Crippen molar-refractivity contribution >= 4 is 27.3 Å². The normalized spacial score (nSPS) is 18.8. The molecule has 0 bridgehead atoms. The van der Waals surface area contributed by atoms with Crippen LogP contribution in [-0.2, 0) is 14.6 Å². The fraction of sp³-hybridized carbons (Fsp3) is 0.333. The number of carbonyl (C=O) groups excluding carboxylic acids is 2. The average Bonchev–Trinajstić information content (AvgIpc) is 3.21. The summed E-state index contributed by atoms with van der Waals surface area (Å²) in [5.74, 6) is -1.18. The van der Waals surface area contributed by atoms with Crippen LogP contribution >= 0.6 is 0 Å². The van der Waals surface area contributed by atoms with Gasteiger partial charge in [0.05, 0.1) is 23.5 Å². The van der Waals surface area contributed by atoms with E-state index < -0.39 is 44.0 Å². The maximum atomic E-state index is 12.8. The van der Waals surface area contributed by atoms with E-state index >= 15 is 0 Å². The number of nitrogens with one attached hydrogen (secondary N) is 2. The van der Waals surface area contributed by atoms with Gasteiger partial charge in [-0.05, 0) is 43.2 Å². The van der Waals surface area contributed by atoms with Crippen LogP contribution < -0.4 is 15.4 Å². The van der Waals surface area contributed by atoms with Crippen LogP contribution in [-0.4, -0.2) is 38.9 Å². The first-order valence-corrected chi connectivity index (χ1v) is 11.2. The first-order chi connectivity index (χ1) is 15.0. The molecule has 11 heteroatoms. The summed E-state index contributed by atoms with van der Waals surface area (Å²) in [5, 5.41) is 5.28. The summed E-state index contributed by atoms with van der Waals surface area (Å²) in [6.45, 7) is 0. The van der Waals surface area contributed by atoms with Gasteiger partial charge in [0, 0.05) is 11.7 Å². The highest BCUT2D eigenvalue weighted by molar-refractivity contribution is 7.92. The number of amides is 2. The topological polar surface area (TPSA) is 102 Å². The van der Waals surface area contributed by atoms with E-state index in [2.05, 4.69) is 10.6 Å². The zero-order valence-corrected chi connectivity index (χ0v) is 17.8. The van der Waals surface area contributed by atoms with Crippen molar-refractivity contribution < 1.29 is 35.9 Å². The molecule has 1 fully saturated rings. The molecule has 172 valence electrons. The predicted octanol–water partition coefficient (Wildman–Crippen LogP) is 3.53. The molecule has 0 spiro atoms. The lowest BCUT2D eigenvalue weighted by Gasteiger charge is -2.21. The smallest absolute Gasteiger partial charge is 0.496 e. The first kappa shape index (κ1) is 23.6. The van der Waals surface area contributed by atoms with Crippen LogP contribution in [0.3, 0.4) is 0 Å². The second-order valence-electron chi connectivity index (χ2n) is 7.28. The van der Waals surface area contributed by atoms with Crippen molar-refractivity contribution in [2.24, 2.45) is 5.92 Å². The van der Waals surface area contributed by atoms with Crippen molar-refractivity contribution in [3.8, 4) is 5.75 Å². The molecule has 0 radical (unpaired) electrons. The SMILES string of the molecule is COc1ccccc1C(=O)N[C@@H]1CCC[C@@H]1C(=O)Nc1cccc(S(=O)(=O)C(F)(F)F)c1. The molecule has 1 aliphatic carbocycles. The molecule has 2 N–H and O–H groups in total. The van der Waals surface area contributed by atoms with E-state index in [4.69, 9.17) is 4.74 Å². The molecule has 7 nitrogen and oxygen atoms in total. The number of carbonyl (C=O) groups is 2. The number of para-hydroxylation sites is 1. The Hall–Kier alpha value is -3.08. The van der Waals surface area contributed by atoms with Gasteiger partial charge in [-0.2, -0.15) is 13.2 Å². The third-order valence-electron chi connectivity index (χ3n) is 5.24. The lowest BCUT2D eigenvalue weighted by Crippen LogP contribution is -2.42. The summed E-state index contributed by atoms with van der Waals surface area (Å²) >= 11 is 0.